The number of nitrogens with one attached hydrogen (secondary N) is 1. The summed E-state index contributed by atoms with van der Waals surface area (Å²) in [6.45, 7) is 1.69. The van der Waals surface area contributed by atoms with Crippen molar-refractivity contribution >= 4 is 40.3 Å². The molecule has 0 atom stereocenters. The predicted octanol–water partition coefficient (Wildman–Crippen LogP) is 4.77. The summed E-state index contributed by atoms with van der Waals surface area (Å²) >= 11 is 11.8. The molecule has 2 rings (SSSR count). The lowest BCUT2D eigenvalue weighted by atomic mass is 10.1. The van der Waals surface area contributed by atoms with Gasteiger partial charge in [-0.1, -0.05) is 29.3 Å². The molecule has 3 N–H and O–H groups in total. The first-order valence-corrected chi connectivity index (χ1v) is 6.01. The minimum Gasteiger partial charge on any atom is -0.397 e. The van der Waals surface area contributed by atoms with Crippen LogP contribution in [-0.2, 0) is 0 Å². The maximum Gasteiger partial charge on any atom is 0.128 e. The Kier molecular flexibility index (Phi) is 3.64. The molecule has 0 spiro atoms. The number of hydrogen-bond acceptors (Lipinski definition) is 2. The Bertz CT molecular complexity index is 600. The number of benzene rings is 2. The van der Waals surface area contributed by atoms with Crippen molar-refractivity contribution in [3.8, 4) is 0 Å². The van der Waals surface area contributed by atoms with E-state index in [1.54, 1.807) is 31.2 Å². The summed E-state index contributed by atoms with van der Waals surface area (Å²) in [5, 5.41) is 3.82. The van der Waals surface area contributed by atoms with Gasteiger partial charge in [0.25, 0.3) is 0 Å². The van der Waals surface area contributed by atoms with E-state index in [2.05, 4.69) is 5.32 Å². The molecule has 0 fully saturated rings. The lowest BCUT2D eigenvalue weighted by Crippen LogP contribution is -1.99. The first-order valence-electron chi connectivity index (χ1n) is 5.25. The van der Waals surface area contributed by atoms with E-state index in [0.29, 0.717) is 32.7 Å². The molecule has 0 aliphatic heterocycles. The Morgan fingerprint density at radius 3 is 2.50 bits per heavy atom. The Balaban J connectivity index is 2.40. The van der Waals surface area contributed by atoms with Gasteiger partial charge in [0.15, 0.2) is 0 Å². The van der Waals surface area contributed by atoms with E-state index in [0.717, 1.165) is 0 Å². The molecule has 0 aromatic heterocycles. The van der Waals surface area contributed by atoms with E-state index in [4.69, 9.17) is 28.9 Å². The number of rotatable bonds is 2. The summed E-state index contributed by atoms with van der Waals surface area (Å²) in [5.41, 5.74) is 8.03. The van der Waals surface area contributed by atoms with Gasteiger partial charge in [0.2, 0.25) is 0 Å². The molecule has 0 aliphatic carbocycles. The minimum absolute atomic E-state index is 0.279. The van der Waals surface area contributed by atoms with Crippen LogP contribution in [0.25, 0.3) is 0 Å². The third-order valence-electron chi connectivity index (χ3n) is 2.63. The third kappa shape index (κ3) is 2.52. The van der Waals surface area contributed by atoms with E-state index in [9.17, 15) is 4.39 Å². The average Bonchev–Trinajstić information content (AvgIpc) is 2.32. The molecule has 2 nitrogen and oxygen atoms in total. The maximum absolute atomic E-state index is 13.4. The minimum atomic E-state index is -0.279. The summed E-state index contributed by atoms with van der Waals surface area (Å²) in [7, 11) is 0. The van der Waals surface area contributed by atoms with Crippen LogP contribution in [0.2, 0.25) is 10.0 Å². The number of hydrogen-bond donors (Lipinski definition) is 2. The molecular formula is C13H11Cl2FN2. The molecule has 0 amide bonds. The highest BCUT2D eigenvalue weighted by atomic mass is 35.5. The van der Waals surface area contributed by atoms with Crippen molar-refractivity contribution < 1.29 is 4.39 Å². The van der Waals surface area contributed by atoms with Gasteiger partial charge < -0.3 is 11.1 Å². The maximum atomic E-state index is 13.4. The molecule has 0 heterocycles. The van der Waals surface area contributed by atoms with E-state index in [1.807, 2.05) is 0 Å². The van der Waals surface area contributed by atoms with E-state index in [-0.39, 0.29) is 5.82 Å². The standard InChI is InChI=1S/C13H11Cl2FN2/c1-7-10(16)3-2-4-12(7)18-13-6-9(15)8(14)5-11(13)17/h2-6,18H,17H2,1H3. The van der Waals surface area contributed by atoms with Crippen LogP contribution in [0, 0.1) is 12.7 Å². The Hall–Kier alpha value is -1.45. The van der Waals surface area contributed by atoms with E-state index >= 15 is 0 Å². The summed E-state index contributed by atoms with van der Waals surface area (Å²) in [4.78, 5) is 0. The molecular weight excluding hydrogens is 274 g/mol. The van der Waals surface area contributed by atoms with Crippen molar-refractivity contribution in [1.29, 1.82) is 0 Å². The van der Waals surface area contributed by atoms with Crippen LogP contribution in [0.1, 0.15) is 5.56 Å². The van der Waals surface area contributed by atoms with Crippen molar-refractivity contribution in [2.24, 2.45) is 0 Å². The molecule has 0 saturated carbocycles. The monoisotopic (exact) mass is 284 g/mol. The Morgan fingerprint density at radius 1 is 1.11 bits per heavy atom. The topological polar surface area (TPSA) is 38.0 Å². The smallest absolute Gasteiger partial charge is 0.128 e. The van der Waals surface area contributed by atoms with E-state index < -0.39 is 0 Å². The molecule has 18 heavy (non-hydrogen) atoms. The predicted molar refractivity (Wildman–Crippen MR) is 75.3 cm³/mol. The number of anilines is 3. The van der Waals surface area contributed by atoms with Gasteiger partial charge in [0.05, 0.1) is 21.4 Å². The zero-order valence-corrected chi connectivity index (χ0v) is 11.1. The SMILES string of the molecule is Cc1c(F)cccc1Nc1cc(Cl)c(Cl)cc1N. The first kappa shape index (κ1) is 13.0. The van der Waals surface area contributed by atoms with Gasteiger partial charge in [-0.05, 0) is 31.2 Å². The van der Waals surface area contributed by atoms with Gasteiger partial charge in [-0.25, -0.2) is 4.39 Å². The average molecular weight is 285 g/mol. The van der Waals surface area contributed by atoms with Crippen LogP contribution in [0.4, 0.5) is 21.5 Å². The van der Waals surface area contributed by atoms with Crippen LogP contribution >= 0.6 is 23.2 Å². The molecule has 0 aliphatic rings. The van der Waals surface area contributed by atoms with Crippen LogP contribution in [0.15, 0.2) is 30.3 Å². The summed E-state index contributed by atoms with van der Waals surface area (Å²) < 4.78 is 13.4. The molecule has 2 aromatic rings. The fourth-order valence-electron chi connectivity index (χ4n) is 1.56. The van der Waals surface area contributed by atoms with Crippen molar-refractivity contribution in [3.63, 3.8) is 0 Å². The van der Waals surface area contributed by atoms with Crippen molar-refractivity contribution in [2.75, 3.05) is 11.1 Å². The first-order chi connectivity index (χ1) is 8.49. The highest BCUT2D eigenvalue weighted by Gasteiger charge is 2.08. The van der Waals surface area contributed by atoms with E-state index in [1.165, 1.54) is 6.07 Å². The molecule has 5 heteroatoms. The number of nitrogens with two attached hydrogens (primary N) is 1. The normalized spacial score (nSPS) is 10.4. The van der Waals surface area contributed by atoms with Crippen molar-refractivity contribution in [1.82, 2.24) is 0 Å². The van der Waals surface area contributed by atoms with Gasteiger partial charge in [-0.15, -0.1) is 0 Å². The molecule has 0 bridgehead atoms. The number of nitrogen functional groups attached to an aromatic ring is 1. The summed E-state index contributed by atoms with van der Waals surface area (Å²) in [5.74, 6) is -0.279. The zero-order chi connectivity index (χ0) is 13.3. The molecule has 94 valence electrons. The second kappa shape index (κ2) is 5.04. The van der Waals surface area contributed by atoms with Gasteiger partial charge >= 0.3 is 0 Å². The van der Waals surface area contributed by atoms with Crippen molar-refractivity contribution in [3.05, 3.63) is 51.8 Å². The number of halogens is 3. The highest BCUT2D eigenvalue weighted by Crippen LogP contribution is 2.33. The lowest BCUT2D eigenvalue weighted by molar-refractivity contribution is 0.619. The van der Waals surface area contributed by atoms with Crippen LogP contribution in [0.5, 0.6) is 0 Å². The third-order valence-corrected chi connectivity index (χ3v) is 3.35. The Labute approximate surface area is 115 Å². The summed E-state index contributed by atoms with van der Waals surface area (Å²) in [6, 6.07) is 7.96. The highest BCUT2D eigenvalue weighted by molar-refractivity contribution is 6.42. The van der Waals surface area contributed by atoms with Crippen LogP contribution in [-0.4, -0.2) is 0 Å². The second-order valence-electron chi connectivity index (χ2n) is 3.89. The van der Waals surface area contributed by atoms with Gasteiger partial charge in [-0.2, -0.15) is 0 Å². The quantitative estimate of drug-likeness (QED) is 0.780. The van der Waals surface area contributed by atoms with Crippen LogP contribution in [0.3, 0.4) is 0 Å². The molecule has 0 unspecified atom stereocenters. The molecule has 0 saturated heterocycles. The van der Waals surface area contributed by atoms with Gasteiger partial charge in [0.1, 0.15) is 5.82 Å². The van der Waals surface area contributed by atoms with Gasteiger partial charge in [-0.3, -0.25) is 0 Å². The zero-order valence-electron chi connectivity index (χ0n) is 9.60. The van der Waals surface area contributed by atoms with Gasteiger partial charge in [0, 0.05) is 11.3 Å². The fourth-order valence-corrected chi connectivity index (χ4v) is 1.89. The van der Waals surface area contributed by atoms with Crippen LogP contribution < -0.4 is 11.1 Å². The Morgan fingerprint density at radius 2 is 1.78 bits per heavy atom. The molecule has 0 radical (unpaired) electrons. The second-order valence-corrected chi connectivity index (χ2v) is 4.71. The van der Waals surface area contributed by atoms with Crippen molar-refractivity contribution in [2.45, 2.75) is 6.92 Å². The largest absolute Gasteiger partial charge is 0.397 e. The lowest BCUT2D eigenvalue weighted by Gasteiger charge is -2.13. The summed E-state index contributed by atoms with van der Waals surface area (Å²) in [6.07, 6.45) is 0. The molecule has 2 aromatic carbocycles. The fraction of sp³-hybridized carbons (Fsp3) is 0.0769.